The fourth-order valence-corrected chi connectivity index (χ4v) is 2.81. The second-order valence-corrected chi connectivity index (χ2v) is 6.29. The van der Waals surface area contributed by atoms with Crippen LogP contribution in [0.2, 0.25) is 5.02 Å². The number of amides is 1. The first kappa shape index (κ1) is 16.5. The maximum Gasteiger partial charge on any atom is 0.265 e. The van der Waals surface area contributed by atoms with E-state index in [4.69, 9.17) is 25.5 Å². The number of hydrogen-bond acceptors (Lipinski definition) is 4. The van der Waals surface area contributed by atoms with Crippen molar-refractivity contribution in [2.24, 2.45) is 0 Å². The molecule has 1 unspecified atom stereocenters. The molecular weight excluding hydrogens is 354 g/mol. The summed E-state index contributed by atoms with van der Waals surface area (Å²) in [6.07, 6.45) is -0.685. The lowest BCUT2D eigenvalue weighted by Crippen LogP contribution is -2.43. The molecule has 5 nitrogen and oxygen atoms in total. The van der Waals surface area contributed by atoms with Crippen molar-refractivity contribution in [1.82, 2.24) is 5.32 Å². The molecule has 2 aromatic carbocycles. The molecule has 0 saturated heterocycles. The van der Waals surface area contributed by atoms with Crippen LogP contribution in [0.5, 0.6) is 11.5 Å². The van der Waals surface area contributed by atoms with Crippen molar-refractivity contribution in [2.75, 3.05) is 6.61 Å². The molecule has 0 spiro atoms. The van der Waals surface area contributed by atoms with Crippen LogP contribution in [0.4, 0.5) is 0 Å². The van der Waals surface area contributed by atoms with E-state index in [1.165, 1.54) is 0 Å². The molecular formula is C20H16ClNO4. The highest BCUT2D eigenvalue weighted by atomic mass is 35.5. The smallest absolute Gasteiger partial charge is 0.265 e. The normalized spacial score (nSPS) is 15.5. The van der Waals surface area contributed by atoms with Crippen LogP contribution in [-0.4, -0.2) is 18.6 Å². The number of halogens is 1. The number of hydrogen-bond donors (Lipinski definition) is 1. The summed E-state index contributed by atoms with van der Waals surface area (Å²) in [6, 6.07) is 18.4. The van der Waals surface area contributed by atoms with Crippen molar-refractivity contribution in [3.8, 4) is 22.8 Å². The van der Waals surface area contributed by atoms with Crippen molar-refractivity contribution in [2.45, 2.75) is 12.6 Å². The predicted octanol–water partition coefficient (Wildman–Crippen LogP) is 4.06. The van der Waals surface area contributed by atoms with Gasteiger partial charge in [-0.05, 0) is 48.5 Å². The van der Waals surface area contributed by atoms with Crippen LogP contribution in [0.15, 0.2) is 65.1 Å². The third kappa shape index (κ3) is 3.53. The molecule has 0 fully saturated rings. The van der Waals surface area contributed by atoms with Gasteiger partial charge in [0, 0.05) is 10.6 Å². The minimum atomic E-state index is -0.685. The van der Waals surface area contributed by atoms with Crippen LogP contribution in [0.1, 0.15) is 5.76 Å². The van der Waals surface area contributed by atoms with Gasteiger partial charge in [-0.2, -0.15) is 0 Å². The molecule has 26 heavy (non-hydrogen) atoms. The first-order valence-corrected chi connectivity index (χ1v) is 8.58. The number of carbonyl (C=O) groups excluding carboxylic acids is 1. The van der Waals surface area contributed by atoms with E-state index >= 15 is 0 Å². The Bertz CT molecular complexity index is 920. The van der Waals surface area contributed by atoms with Crippen LogP contribution in [-0.2, 0) is 11.3 Å². The monoisotopic (exact) mass is 369 g/mol. The van der Waals surface area contributed by atoms with E-state index in [1.807, 2.05) is 42.5 Å². The standard InChI is InChI=1S/C20H16ClNO4/c21-14-7-5-13(6-8-14)16-10-9-15(25-16)11-22-20(23)19-12-24-17-3-1-2-4-18(17)26-19/h1-10,19H,11-12H2,(H,22,23). The van der Waals surface area contributed by atoms with E-state index in [0.29, 0.717) is 22.3 Å². The molecule has 0 bridgehead atoms. The quantitative estimate of drug-likeness (QED) is 0.753. The zero-order valence-corrected chi connectivity index (χ0v) is 14.5. The van der Waals surface area contributed by atoms with Gasteiger partial charge < -0.3 is 19.2 Å². The Morgan fingerprint density at radius 3 is 2.62 bits per heavy atom. The fourth-order valence-electron chi connectivity index (χ4n) is 2.68. The molecule has 0 aliphatic carbocycles. The summed E-state index contributed by atoms with van der Waals surface area (Å²) in [7, 11) is 0. The van der Waals surface area contributed by atoms with Gasteiger partial charge in [0.15, 0.2) is 11.5 Å². The Morgan fingerprint density at radius 2 is 1.81 bits per heavy atom. The molecule has 3 aromatic rings. The number of fused-ring (bicyclic) bond motifs is 1. The third-order valence-electron chi connectivity index (χ3n) is 4.03. The van der Waals surface area contributed by atoms with Gasteiger partial charge in [0.25, 0.3) is 5.91 Å². The fraction of sp³-hybridized carbons (Fsp3) is 0.150. The Kier molecular flexibility index (Phi) is 4.54. The van der Waals surface area contributed by atoms with Gasteiger partial charge in [0.05, 0.1) is 6.54 Å². The van der Waals surface area contributed by atoms with E-state index in [2.05, 4.69) is 5.32 Å². The van der Waals surface area contributed by atoms with Gasteiger partial charge in [0.2, 0.25) is 6.10 Å². The maximum absolute atomic E-state index is 12.3. The summed E-state index contributed by atoms with van der Waals surface area (Å²) in [5.41, 5.74) is 0.924. The number of carbonyl (C=O) groups is 1. The van der Waals surface area contributed by atoms with Crippen LogP contribution < -0.4 is 14.8 Å². The molecule has 0 radical (unpaired) electrons. The predicted molar refractivity (Wildman–Crippen MR) is 97.4 cm³/mol. The Hall–Kier alpha value is -2.92. The molecule has 132 valence electrons. The van der Waals surface area contributed by atoms with Crippen molar-refractivity contribution in [1.29, 1.82) is 0 Å². The topological polar surface area (TPSA) is 60.7 Å². The number of rotatable bonds is 4. The number of furan rings is 1. The van der Waals surface area contributed by atoms with Crippen molar-refractivity contribution < 1.29 is 18.7 Å². The van der Waals surface area contributed by atoms with Crippen molar-refractivity contribution >= 4 is 17.5 Å². The first-order valence-electron chi connectivity index (χ1n) is 8.20. The lowest BCUT2D eigenvalue weighted by molar-refractivity contribution is -0.130. The lowest BCUT2D eigenvalue weighted by atomic mass is 10.2. The van der Waals surface area contributed by atoms with Crippen LogP contribution in [0.3, 0.4) is 0 Å². The highest BCUT2D eigenvalue weighted by Gasteiger charge is 2.27. The minimum absolute atomic E-state index is 0.178. The van der Waals surface area contributed by atoms with E-state index in [1.54, 1.807) is 18.2 Å². The van der Waals surface area contributed by atoms with E-state index < -0.39 is 6.10 Å². The number of para-hydroxylation sites is 2. The summed E-state index contributed by atoms with van der Waals surface area (Å²) in [5, 5.41) is 3.49. The van der Waals surface area contributed by atoms with Crippen LogP contribution in [0, 0.1) is 0 Å². The van der Waals surface area contributed by atoms with E-state index in [9.17, 15) is 4.79 Å². The van der Waals surface area contributed by atoms with Gasteiger partial charge in [-0.1, -0.05) is 23.7 Å². The summed E-state index contributed by atoms with van der Waals surface area (Å²) < 4.78 is 17.0. The average molecular weight is 370 g/mol. The minimum Gasteiger partial charge on any atom is -0.485 e. The van der Waals surface area contributed by atoms with E-state index in [-0.39, 0.29) is 19.1 Å². The summed E-state index contributed by atoms with van der Waals surface area (Å²) >= 11 is 5.89. The zero-order chi connectivity index (χ0) is 17.9. The van der Waals surface area contributed by atoms with E-state index in [0.717, 1.165) is 11.3 Å². The highest BCUT2D eigenvalue weighted by molar-refractivity contribution is 6.30. The molecule has 1 amide bonds. The molecule has 0 saturated carbocycles. The second-order valence-electron chi connectivity index (χ2n) is 5.85. The number of ether oxygens (including phenoxy) is 2. The largest absolute Gasteiger partial charge is 0.485 e. The molecule has 1 aromatic heterocycles. The third-order valence-corrected chi connectivity index (χ3v) is 4.28. The summed E-state index contributed by atoms with van der Waals surface area (Å²) in [5.74, 6) is 2.35. The summed E-state index contributed by atoms with van der Waals surface area (Å²) in [4.78, 5) is 12.3. The number of nitrogens with one attached hydrogen (secondary N) is 1. The Morgan fingerprint density at radius 1 is 1.04 bits per heavy atom. The van der Waals surface area contributed by atoms with Crippen molar-refractivity contribution in [3.05, 3.63) is 71.4 Å². The average Bonchev–Trinajstić information content (AvgIpc) is 3.15. The Labute approximate surface area is 155 Å². The van der Waals surface area contributed by atoms with Gasteiger partial charge in [-0.25, -0.2) is 0 Å². The van der Waals surface area contributed by atoms with Gasteiger partial charge in [0.1, 0.15) is 18.1 Å². The second kappa shape index (κ2) is 7.14. The molecule has 1 N–H and O–H groups in total. The molecule has 4 rings (SSSR count). The number of benzene rings is 2. The highest BCUT2D eigenvalue weighted by Crippen LogP contribution is 2.31. The summed E-state index contributed by atoms with van der Waals surface area (Å²) in [6.45, 7) is 0.449. The first-order chi connectivity index (χ1) is 12.7. The molecule has 1 aliphatic heterocycles. The van der Waals surface area contributed by atoms with Gasteiger partial charge in [-0.15, -0.1) is 0 Å². The molecule has 1 atom stereocenters. The lowest BCUT2D eigenvalue weighted by Gasteiger charge is -2.25. The molecule has 1 aliphatic rings. The SMILES string of the molecule is O=C(NCc1ccc(-c2ccc(Cl)cc2)o1)C1COc2ccccc2O1. The van der Waals surface area contributed by atoms with Gasteiger partial charge in [-0.3, -0.25) is 4.79 Å². The zero-order valence-electron chi connectivity index (χ0n) is 13.8. The molecule has 2 heterocycles. The van der Waals surface area contributed by atoms with Crippen molar-refractivity contribution in [3.63, 3.8) is 0 Å². The van der Waals surface area contributed by atoms with Gasteiger partial charge >= 0.3 is 0 Å². The Balaban J connectivity index is 1.36. The van der Waals surface area contributed by atoms with Crippen LogP contribution >= 0.6 is 11.6 Å². The maximum atomic E-state index is 12.3. The van der Waals surface area contributed by atoms with Crippen LogP contribution in [0.25, 0.3) is 11.3 Å². The molecule has 6 heteroatoms.